The van der Waals surface area contributed by atoms with Gasteiger partial charge in [-0.15, -0.1) is 0 Å². The van der Waals surface area contributed by atoms with Crippen LogP contribution in [0.3, 0.4) is 0 Å². The molecule has 1 nitrogen and oxygen atoms in total. The summed E-state index contributed by atoms with van der Waals surface area (Å²) in [6, 6.07) is 6.89. The fourth-order valence-corrected chi connectivity index (χ4v) is 3.36. The highest BCUT2D eigenvalue weighted by molar-refractivity contribution is 5.65. The van der Waals surface area contributed by atoms with Gasteiger partial charge in [0.2, 0.25) is 0 Å². The molecule has 0 aliphatic carbocycles. The smallest absolute Gasteiger partial charge is 0.370 e. The van der Waals surface area contributed by atoms with Gasteiger partial charge in [-0.3, -0.25) is 0 Å². The van der Waals surface area contributed by atoms with Crippen molar-refractivity contribution in [2.45, 2.75) is 51.0 Å². The molecule has 1 saturated heterocycles. The number of ether oxygens (including phenoxy) is 1. The summed E-state index contributed by atoms with van der Waals surface area (Å²) in [6.07, 6.45) is -1.08. The van der Waals surface area contributed by atoms with Crippen molar-refractivity contribution in [3.05, 3.63) is 59.2 Å². The Bertz CT molecular complexity index is 784. The molecule has 1 fully saturated rings. The first kappa shape index (κ1) is 18.8. The molecule has 0 amide bonds. The maximum atomic E-state index is 14.5. The summed E-state index contributed by atoms with van der Waals surface area (Å²) in [5.41, 5.74) is -0.544. The molecule has 0 bridgehead atoms. The summed E-state index contributed by atoms with van der Waals surface area (Å²) in [6.45, 7) is 2.08. The van der Waals surface area contributed by atoms with Crippen LogP contribution in [-0.4, -0.2) is 6.10 Å². The van der Waals surface area contributed by atoms with Crippen LogP contribution in [0, 0.1) is 11.6 Å². The number of rotatable bonds is 4. The summed E-state index contributed by atoms with van der Waals surface area (Å²) in [5, 5.41) is 0. The van der Waals surface area contributed by atoms with Gasteiger partial charge in [-0.1, -0.05) is 31.5 Å². The van der Waals surface area contributed by atoms with Gasteiger partial charge in [0, 0.05) is 5.56 Å². The molecule has 2 aromatic carbocycles. The second kappa shape index (κ2) is 7.35. The van der Waals surface area contributed by atoms with Crippen molar-refractivity contribution < 1.29 is 26.7 Å². The second-order valence-electron chi connectivity index (χ2n) is 6.54. The first-order valence-corrected chi connectivity index (χ1v) is 8.61. The molecule has 0 spiro atoms. The topological polar surface area (TPSA) is 9.23 Å². The van der Waals surface area contributed by atoms with Gasteiger partial charge in [0.1, 0.15) is 11.6 Å². The lowest BCUT2D eigenvalue weighted by Gasteiger charge is -2.15. The van der Waals surface area contributed by atoms with E-state index in [0.717, 1.165) is 31.7 Å². The molecular weight excluding hydrogens is 351 g/mol. The van der Waals surface area contributed by atoms with Crippen LogP contribution in [0.5, 0.6) is 0 Å². The van der Waals surface area contributed by atoms with Crippen molar-refractivity contribution in [2.75, 3.05) is 0 Å². The summed E-state index contributed by atoms with van der Waals surface area (Å²) in [4.78, 5) is 0. The number of benzene rings is 2. The summed E-state index contributed by atoms with van der Waals surface area (Å²) < 4.78 is 72.1. The molecule has 6 heteroatoms. The van der Waals surface area contributed by atoms with Gasteiger partial charge in [-0.2, -0.15) is 13.2 Å². The van der Waals surface area contributed by atoms with Crippen LogP contribution < -0.4 is 0 Å². The number of hydrogen-bond donors (Lipinski definition) is 0. The molecule has 0 aromatic heterocycles. The van der Waals surface area contributed by atoms with Crippen LogP contribution in [-0.2, 0) is 10.9 Å². The van der Waals surface area contributed by atoms with Crippen molar-refractivity contribution in [3.63, 3.8) is 0 Å². The lowest BCUT2D eigenvalue weighted by Crippen LogP contribution is -2.08. The molecule has 2 aromatic rings. The van der Waals surface area contributed by atoms with Crippen molar-refractivity contribution in [2.24, 2.45) is 0 Å². The normalized spacial score (nSPS) is 20.5. The van der Waals surface area contributed by atoms with Gasteiger partial charge in [0.05, 0.1) is 17.8 Å². The largest absolute Gasteiger partial charge is 0.419 e. The Balaban J connectivity index is 1.83. The van der Waals surface area contributed by atoms with Gasteiger partial charge >= 0.3 is 6.18 Å². The minimum absolute atomic E-state index is 0.0597. The van der Waals surface area contributed by atoms with Gasteiger partial charge in [0.25, 0.3) is 0 Å². The Morgan fingerprint density at radius 1 is 1.00 bits per heavy atom. The van der Waals surface area contributed by atoms with Gasteiger partial charge in [0.15, 0.2) is 0 Å². The molecule has 0 radical (unpaired) electrons. The number of hydrogen-bond acceptors (Lipinski definition) is 1. The van der Waals surface area contributed by atoms with E-state index in [2.05, 4.69) is 6.92 Å². The van der Waals surface area contributed by atoms with Crippen molar-refractivity contribution in [1.82, 2.24) is 0 Å². The highest BCUT2D eigenvalue weighted by Crippen LogP contribution is 2.37. The summed E-state index contributed by atoms with van der Waals surface area (Å²) in [5.74, 6) is -2.02. The van der Waals surface area contributed by atoms with E-state index in [9.17, 15) is 22.0 Å². The molecule has 1 aliphatic rings. The maximum absolute atomic E-state index is 14.5. The number of halogens is 5. The third-order valence-corrected chi connectivity index (χ3v) is 4.67. The first-order valence-electron chi connectivity index (χ1n) is 8.61. The fraction of sp³-hybridized carbons (Fsp3) is 0.400. The Hall–Kier alpha value is -1.95. The lowest BCUT2D eigenvalue weighted by atomic mass is 9.98. The maximum Gasteiger partial charge on any atom is 0.419 e. The second-order valence-corrected chi connectivity index (χ2v) is 6.54. The van der Waals surface area contributed by atoms with E-state index in [1.165, 1.54) is 12.1 Å². The zero-order valence-electron chi connectivity index (χ0n) is 14.2. The third-order valence-electron chi connectivity index (χ3n) is 4.67. The van der Waals surface area contributed by atoms with E-state index in [0.29, 0.717) is 17.7 Å². The first-order chi connectivity index (χ1) is 12.3. The minimum atomic E-state index is -4.78. The molecule has 1 aliphatic heterocycles. The van der Waals surface area contributed by atoms with Gasteiger partial charge in [-0.05, 0) is 48.6 Å². The van der Waals surface area contributed by atoms with Crippen LogP contribution in [0.4, 0.5) is 22.0 Å². The molecule has 140 valence electrons. The Morgan fingerprint density at radius 2 is 1.77 bits per heavy atom. The Morgan fingerprint density at radius 3 is 2.38 bits per heavy atom. The van der Waals surface area contributed by atoms with Crippen molar-refractivity contribution in [1.29, 1.82) is 0 Å². The molecule has 3 rings (SSSR count). The Labute approximate surface area is 148 Å². The highest BCUT2D eigenvalue weighted by atomic mass is 19.4. The molecule has 2 atom stereocenters. The van der Waals surface area contributed by atoms with E-state index >= 15 is 0 Å². The highest BCUT2D eigenvalue weighted by Gasteiger charge is 2.34. The van der Waals surface area contributed by atoms with E-state index in [4.69, 9.17) is 4.74 Å². The van der Waals surface area contributed by atoms with E-state index in [-0.39, 0.29) is 23.3 Å². The van der Waals surface area contributed by atoms with E-state index in [1.54, 1.807) is 6.07 Å². The standard InChI is InChI=1S/C20H19F5O/c1-2-3-14-6-9-19(26-14)13-4-7-15(17(21)11-13)12-5-8-16(18(22)10-12)20(23,24)25/h4-5,7-8,10-11,14,19H,2-3,6,9H2,1H3. The van der Waals surface area contributed by atoms with E-state index < -0.39 is 23.4 Å². The minimum Gasteiger partial charge on any atom is -0.370 e. The Kier molecular flexibility index (Phi) is 5.32. The fourth-order valence-electron chi connectivity index (χ4n) is 3.36. The average Bonchev–Trinajstić information content (AvgIpc) is 3.02. The van der Waals surface area contributed by atoms with Crippen molar-refractivity contribution in [3.8, 4) is 11.1 Å². The monoisotopic (exact) mass is 370 g/mol. The predicted octanol–water partition coefficient (Wildman–Crippen LogP) is 6.67. The third kappa shape index (κ3) is 3.90. The molecule has 0 saturated carbocycles. The van der Waals surface area contributed by atoms with Crippen LogP contribution in [0.25, 0.3) is 11.1 Å². The number of alkyl halides is 3. The molecule has 26 heavy (non-hydrogen) atoms. The molecule has 2 unspecified atom stereocenters. The molecule has 0 N–H and O–H groups in total. The zero-order chi connectivity index (χ0) is 18.9. The van der Waals surface area contributed by atoms with Crippen LogP contribution in [0.1, 0.15) is 49.8 Å². The van der Waals surface area contributed by atoms with Gasteiger partial charge < -0.3 is 4.74 Å². The summed E-state index contributed by atoms with van der Waals surface area (Å²) >= 11 is 0. The quantitative estimate of drug-likeness (QED) is 0.546. The molecular formula is C20H19F5O. The summed E-state index contributed by atoms with van der Waals surface area (Å²) in [7, 11) is 0. The van der Waals surface area contributed by atoms with Crippen molar-refractivity contribution >= 4 is 0 Å². The lowest BCUT2D eigenvalue weighted by molar-refractivity contribution is -0.139. The van der Waals surface area contributed by atoms with Crippen LogP contribution >= 0.6 is 0 Å². The van der Waals surface area contributed by atoms with Gasteiger partial charge in [-0.25, -0.2) is 8.78 Å². The van der Waals surface area contributed by atoms with E-state index in [1.807, 2.05) is 0 Å². The van der Waals surface area contributed by atoms with Crippen LogP contribution in [0.15, 0.2) is 36.4 Å². The predicted molar refractivity (Wildman–Crippen MR) is 88.6 cm³/mol. The zero-order valence-corrected chi connectivity index (χ0v) is 14.2. The SMILES string of the molecule is CCCC1CCC(c2ccc(-c3ccc(C(F)(F)F)c(F)c3)c(F)c2)O1. The average molecular weight is 370 g/mol. The van der Waals surface area contributed by atoms with Crippen LogP contribution in [0.2, 0.25) is 0 Å². The molecule has 1 heterocycles.